The maximum absolute atomic E-state index is 13.5. The summed E-state index contributed by atoms with van der Waals surface area (Å²) in [7, 11) is -2.06. The third kappa shape index (κ3) is 6.51. The minimum atomic E-state index is -3.62. The summed E-state index contributed by atoms with van der Waals surface area (Å²) in [5, 5.41) is 2.88. The van der Waals surface area contributed by atoms with E-state index < -0.39 is 15.3 Å². The molecule has 10 heteroatoms. The molecule has 1 amide bonds. The average molecular weight is 539 g/mol. The largest absolute Gasteiger partial charge is 0.495 e. The molecule has 0 aliphatic heterocycles. The molecule has 0 unspecified atom stereocenters. The monoisotopic (exact) mass is 538 g/mol. The van der Waals surface area contributed by atoms with Crippen molar-refractivity contribution in [3.05, 3.63) is 77.9 Å². The molecule has 1 heterocycles. The molecule has 1 atom stereocenters. The van der Waals surface area contributed by atoms with Gasteiger partial charge in [-0.3, -0.25) is 4.79 Å². The van der Waals surface area contributed by atoms with Crippen LogP contribution in [0.4, 0.5) is 5.69 Å². The smallest absolute Gasteiger partial charge is 0.242 e. The van der Waals surface area contributed by atoms with Crippen molar-refractivity contribution in [3.63, 3.8) is 0 Å². The number of benzene rings is 3. The third-order valence-electron chi connectivity index (χ3n) is 5.75. The first kappa shape index (κ1) is 26.7. The van der Waals surface area contributed by atoms with Crippen molar-refractivity contribution in [1.82, 2.24) is 14.7 Å². The SMILES string of the molecule is CCCCNS(=O)(=O)c1ccc2nc(S[C@@H](C(=O)Nc3cc(C)ccc3OC)c3ccccc3)[nH]c2c1. The van der Waals surface area contributed by atoms with Crippen LogP contribution in [0.1, 0.15) is 36.1 Å². The predicted octanol–water partition coefficient (Wildman–Crippen LogP) is 5.43. The molecule has 0 saturated carbocycles. The number of unbranched alkanes of at least 4 members (excludes halogenated alkanes) is 1. The van der Waals surface area contributed by atoms with E-state index in [0.29, 0.717) is 34.2 Å². The van der Waals surface area contributed by atoms with Gasteiger partial charge in [0.25, 0.3) is 0 Å². The number of amides is 1. The van der Waals surface area contributed by atoms with Crippen LogP contribution in [0.2, 0.25) is 0 Å². The third-order valence-corrected chi connectivity index (χ3v) is 8.34. The number of aryl methyl sites for hydroxylation is 1. The number of carbonyl (C=O) groups is 1. The zero-order valence-corrected chi connectivity index (χ0v) is 22.6. The van der Waals surface area contributed by atoms with Gasteiger partial charge in [-0.2, -0.15) is 0 Å². The number of nitrogens with zero attached hydrogens (tertiary/aromatic N) is 1. The molecule has 0 spiro atoms. The fourth-order valence-corrected chi connectivity index (χ4v) is 5.89. The molecule has 194 valence electrons. The van der Waals surface area contributed by atoms with Gasteiger partial charge in [0.05, 0.1) is 28.7 Å². The first-order valence-electron chi connectivity index (χ1n) is 12.0. The van der Waals surface area contributed by atoms with Crippen LogP contribution < -0.4 is 14.8 Å². The van der Waals surface area contributed by atoms with E-state index in [-0.39, 0.29) is 10.8 Å². The zero-order chi connectivity index (χ0) is 26.4. The lowest BCUT2D eigenvalue weighted by Gasteiger charge is -2.17. The highest BCUT2D eigenvalue weighted by atomic mass is 32.2. The summed E-state index contributed by atoms with van der Waals surface area (Å²) in [5.41, 5.74) is 3.58. The van der Waals surface area contributed by atoms with E-state index in [0.717, 1.165) is 24.0 Å². The Bertz CT molecular complexity index is 1490. The van der Waals surface area contributed by atoms with Gasteiger partial charge >= 0.3 is 0 Å². The molecule has 0 aliphatic rings. The number of H-pyrrole nitrogens is 1. The first-order valence-corrected chi connectivity index (χ1v) is 14.3. The Labute approximate surface area is 221 Å². The standard InChI is InChI=1S/C27H30N4O4S2/c1-4-5-15-28-37(33,34)20-12-13-21-22(17-20)31-27(30-21)36-25(19-9-7-6-8-10-19)26(32)29-23-16-18(2)11-14-24(23)35-3/h6-14,16-17,25,28H,4-5,15H2,1-3H3,(H,29,32)(H,30,31)/t25-/m1/s1. The summed E-state index contributed by atoms with van der Waals surface area (Å²) < 4.78 is 33.3. The van der Waals surface area contributed by atoms with E-state index in [4.69, 9.17) is 4.74 Å². The Hall–Kier alpha value is -3.34. The number of nitrogens with one attached hydrogen (secondary N) is 3. The molecule has 4 rings (SSSR count). The van der Waals surface area contributed by atoms with E-state index in [9.17, 15) is 13.2 Å². The van der Waals surface area contributed by atoms with Crippen LogP contribution in [0.3, 0.4) is 0 Å². The van der Waals surface area contributed by atoms with E-state index in [1.54, 1.807) is 19.2 Å². The summed E-state index contributed by atoms with van der Waals surface area (Å²) in [4.78, 5) is 21.5. The fourth-order valence-electron chi connectivity index (χ4n) is 3.79. The maximum Gasteiger partial charge on any atom is 0.242 e. The number of anilines is 1. The Morgan fingerprint density at radius 2 is 1.89 bits per heavy atom. The number of fused-ring (bicyclic) bond motifs is 1. The van der Waals surface area contributed by atoms with Gasteiger partial charge in [-0.15, -0.1) is 0 Å². The highest BCUT2D eigenvalue weighted by Crippen LogP contribution is 2.37. The molecule has 4 aromatic rings. The topological polar surface area (TPSA) is 113 Å². The normalized spacial score (nSPS) is 12.4. The van der Waals surface area contributed by atoms with E-state index in [2.05, 4.69) is 20.0 Å². The average Bonchev–Trinajstić information content (AvgIpc) is 3.30. The number of thioether (sulfide) groups is 1. The molecule has 0 aliphatic carbocycles. The first-order chi connectivity index (χ1) is 17.8. The van der Waals surface area contributed by atoms with Gasteiger partial charge < -0.3 is 15.0 Å². The summed E-state index contributed by atoms with van der Waals surface area (Å²) in [6.45, 7) is 4.34. The van der Waals surface area contributed by atoms with Crippen molar-refractivity contribution in [3.8, 4) is 5.75 Å². The number of rotatable bonds is 11. The molecule has 37 heavy (non-hydrogen) atoms. The van der Waals surface area contributed by atoms with Crippen LogP contribution >= 0.6 is 11.8 Å². The van der Waals surface area contributed by atoms with Crippen LogP contribution in [-0.4, -0.2) is 37.9 Å². The fraction of sp³-hybridized carbons (Fsp3) is 0.259. The number of imidazole rings is 1. The number of sulfonamides is 1. The van der Waals surface area contributed by atoms with E-state index in [1.807, 2.05) is 62.4 Å². The van der Waals surface area contributed by atoms with Gasteiger partial charge in [-0.1, -0.05) is 61.5 Å². The van der Waals surface area contributed by atoms with Crippen molar-refractivity contribution >= 4 is 44.4 Å². The van der Waals surface area contributed by atoms with Crippen molar-refractivity contribution < 1.29 is 17.9 Å². The summed E-state index contributed by atoms with van der Waals surface area (Å²) in [6.07, 6.45) is 1.67. The molecule has 3 aromatic carbocycles. The quantitative estimate of drug-likeness (QED) is 0.173. The Kier molecular flexibility index (Phi) is 8.52. The summed E-state index contributed by atoms with van der Waals surface area (Å²) >= 11 is 1.26. The lowest BCUT2D eigenvalue weighted by Crippen LogP contribution is -2.24. The molecule has 0 fully saturated rings. The molecule has 8 nitrogen and oxygen atoms in total. The van der Waals surface area contributed by atoms with Gasteiger partial charge in [-0.05, 0) is 54.8 Å². The summed E-state index contributed by atoms with van der Waals surface area (Å²) in [5.74, 6) is 0.338. The highest BCUT2D eigenvalue weighted by Gasteiger charge is 2.25. The molecule has 1 aromatic heterocycles. The lowest BCUT2D eigenvalue weighted by molar-refractivity contribution is -0.115. The molecular formula is C27H30N4O4S2. The van der Waals surface area contributed by atoms with Gasteiger partial charge in [-0.25, -0.2) is 18.1 Å². The Morgan fingerprint density at radius 3 is 2.62 bits per heavy atom. The number of hydrogen-bond donors (Lipinski definition) is 3. The zero-order valence-electron chi connectivity index (χ0n) is 20.9. The lowest BCUT2D eigenvalue weighted by atomic mass is 10.1. The van der Waals surface area contributed by atoms with Gasteiger partial charge in [0.2, 0.25) is 15.9 Å². The molecular weight excluding hydrogens is 508 g/mol. The van der Waals surface area contributed by atoms with E-state index in [1.165, 1.54) is 17.8 Å². The Morgan fingerprint density at radius 1 is 1.11 bits per heavy atom. The second-order valence-corrected chi connectivity index (χ2v) is 11.4. The molecule has 3 N–H and O–H groups in total. The van der Waals surface area contributed by atoms with Crippen LogP contribution in [0, 0.1) is 6.92 Å². The highest BCUT2D eigenvalue weighted by molar-refractivity contribution is 8.00. The van der Waals surface area contributed by atoms with Crippen LogP contribution in [0.15, 0.2) is 76.8 Å². The summed E-state index contributed by atoms with van der Waals surface area (Å²) in [6, 6.07) is 19.8. The van der Waals surface area contributed by atoms with E-state index >= 15 is 0 Å². The number of methoxy groups -OCH3 is 1. The number of carbonyl (C=O) groups excluding carboxylic acids is 1. The van der Waals surface area contributed by atoms with Gasteiger partial charge in [0.15, 0.2) is 5.16 Å². The van der Waals surface area contributed by atoms with Crippen molar-refractivity contribution in [2.24, 2.45) is 0 Å². The minimum absolute atomic E-state index is 0.167. The number of aromatic amines is 1. The second-order valence-electron chi connectivity index (χ2n) is 8.57. The van der Waals surface area contributed by atoms with Gasteiger partial charge in [0.1, 0.15) is 11.0 Å². The second kappa shape index (κ2) is 11.8. The van der Waals surface area contributed by atoms with Crippen molar-refractivity contribution in [2.45, 2.75) is 42.0 Å². The molecule has 0 radical (unpaired) electrons. The number of ether oxygens (including phenoxy) is 1. The van der Waals surface area contributed by atoms with Gasteiger partial charge in [0, 0.05) is 6.54 Å². The number of aromatic nitrogens is 2. The van der Waals surface area contributed by atoms with Crippen LogP contribution in [0.5, 0.6) is 5.75 Å². The van der Waals surface area contributed by atoms with Crippen molar-refractivity contribution in [1.29, 1.82) is 0 Å². The number of hydrogen-bond acceptors (Lipinski definition) is 6. The molecule has 0 bridgehead atoms. The molecule has 0 saturated heterocycles. The van der Waals surface area contributed by atoms with Crippen LogP contribution in [0.25, 0.3) is 11.0 Å². The van der Waals surface area contributed by atoms with Crippen LogP contribution in [-0.2, 0) is 14.8 Å². The minimum Gasteiger partial charge on any atom is -0.495 e. The predicted molar refractivity (Wildman–Crippen MR) is 148 cm³/mol. The Balaban J connectivity index is 1.61. The van der Waals surface area contributed by atoms with Crippen molar-refractivity contribution in [2.75, 3.05) is 19.0 Å². The maximum atomic E-state index is 13.5.